The molecule has 0 saturated heterocycles. The molecule has 2 N–H and O–H groups in total. The van der Waals surface area contributed by atoms with Gasteiger partial charge in [0, 0.05) is 5.56 Å². The number of methoxy groups -OCH3 is 1. The van der Waals surface area contributed by atoms with Crippen LogP contribution >= 0.6 is 0 Å². The summed E-state index contributed by atoms with van der Waals surface area (Å²) in [5, 5.41) is 2.84. The summed E-state index contributed by atoms with van der Waals surface area (Å²) in [6, 6.07) is 12.2. The molecular formula is C20H21N3O4. The van der Waals surface area contributed by atoms with E-state index in [0.717, 1.165) is 11.0 Å². The third kappa shape index (κ3) is 4.25. The van der Waals surface area contributed by atoms with Crippen molar-refractivity contribution in [2.45, 2.75) is 19.9 Å². The van der Waals surface area contributed by atoms with E-state index >= 15 is 0 Å². The van der Waals surface area contributed by atoms with Gasteiger partial charge in [-0.05, 0) is 44.2 Å². The van der Waals surface area contributed by atoms with Crippen molar-refractivity contribution in [2.75, 3.05) is 13.7 Å². The second kappa shape index (κ2) is 7.90. The monoisotopic (exact) mass is 367 g/mol. The van der Waals surface area contributed by atoms with Crippen molar-refractivity contribution in [1.82, 2.24) is 15.3 Å². The zero-order valence-electron chi connectivity index (χ0n) is 15.4. The number of fused-ring (bicyclic) bond motifs is 1. The highest BCUT2D eigenvalue weighted by molar-refractivity contribution is 5.94. The predicted molar refractivity (Wildman–Crippen MR) is 101 cm³/mol. The Morgan fingerprint density at radius 3 is 2.67 bits per heavy atom. The van der Waals surface area contributed by atoms with Crippen molar-refractivity contribution >= 4 is 22.7 Å². The van der Waals surface area contributed by atoms with Gasteiger partial charge in [0.2, 0.25) is 0 Å². The summed E-state index contributed by atoms with van der Waals surface area (Å²) in [5.74, 6) is 1.11. The lowest BCUT2D eigenvalue weighted by atomic mass is 10.1. The fourth-order valence-corrected chi connectivity index (χ4v) is 2.68. The van der Waals surface area contributed by atoms with E-state index in [-0.39, 0.29) is 24.3 Å². The summed E-state index contributed by atoms with van der Waals surface area (Å²) in [6.45, 7) is 3.14. The van der Waals surface area contributed by atoms with Crippen LogP contribution in [0.3, 0.4) is 0 Å². The van der Waals surface area contributed by atoms with Crippen molar-refractivity contribution in [3.8, 4) is 11.5 Å². The molecule has 0 fully saturated rings. The standard InChI is InChI=1S/C20H21N3O4/c1-12(20-22-15-6-4-5-7-16(15)23-20)21-19(25)11-27-17-9-8-14(13(2)24)10-18(17)26-3/h4-10,12H,11H2,1-3H3,(H,21,25)(H,22,23)/t12-/m0/s1. The maximum absolute atomic E-state index is 12.2. The number of carbonyl (C=O) groups excluding carboxylic acids is 2. The summed E-state index contributed by atoms with van der Waals surface area (Å²) in [6.07, 6.45) is 0. The Morgan fingerprint density at radius 2 is 1.96 bits per heavy atom. The van der Waals surface area contributed by atoms with Crippen molar-refractivity contribution in [3.63, 3.8) is 0 Å². The lowest BCUT2D eigenvalue weighted by molar-refractivity contribution is -0.123. The Morgan fingerprint density at radius 1 is 1.19 bits per heavy atom. The summed E-state index contributed by atoms with van der Waals surface area (Å²) in [5.41, 5.74) is 2.28. The van der Waals surface area contributed by atoms with Gasteiger partial charge < -0.3 is 19.8 Å². The number of nitrogens with zero attached hydrogens (tertiary/aromatic N) is 1. The lowest BCUT2D eigenvalue weighted by Crippen LogP contribution is -2.31. The van der Waals surface area contributed by atoms with E-state index in [1.54, 1.807) is 18.2 Å². The average Bonchev–Trinajstić information content (AvgIpc) is 3.10. The number of hydrogen-bond acceptors (Lipinski definition) is 5. The molecule has 0 aliphatic rings. The summed E-state index contributed by atoms with van der Waals surface area (Å²) < 4.78 is 10.8. The molecule has 3 aromatic rings. The second-order valence-electron chi connectivity index (χ2n) is 6.14. The molecule has 0 radical (unpaired) electrons. The van der Waals surface area contributed by atoms with Gasteiger partial charge in [0.15, 0.2) is 23.9 Å². The van der Waals surface area contributed by atoms with Crippen LogP contribution in [-0.4, -0.2) is 35.4 Å². The molecule has 1 atom stereocenters. The number of ether oxygens (including phenoxy) is 2. The Kier molecular flexibility index (Phi) is 5.40. The topological polar surface area (TPSA) is 93.3 Å². The van der Waals surface area contributed by atoms with E-state index in [4.69, 9.17) is 9.47 Å². The number of amides is 1. The van der Waals surface area contributed by atoms with Gasteiger partial charge in [-0.3, -0.25) is 9.59 Å². The van der Waals surface area contributed by atoms with Crippen molar-refractivity contribution in [2.24, 2.45) is 0 Å². The molecule has 27 heavy (non-hydrogen) atoms. The number of benzene rings is 2. The number of nitrogens with one attached hydrogen (secondary N) is 2. The van der Waals surface area contributed by atoms with Crippen LogP contribution in [0.4, 0.5) is 0 Å². The Labute approximate surface area is 156 Å². The zero-order chi connectivity index (χ0) is 19.4. The minimum Gasteiger partial charge on any atom is -0.493 e. The van der Waals surface area contributed by atoms with Crippen molar-refractivity contribution in [1.29, 1.82) is 0 Å². The molecule has 2 aromatic carbocycles. The fraction of sp³-hybridized carbons (Fsp3) is 0.250. The van der Waals surface area contributed by atoms with Gasteiger partial charge in [-0.15, -0.1) is 0 Å². The number of aromatic amines is 1. The van der Waals surface area contributed by atoms with Crippen LogP contribution in [0, 0.1) is 0 Å². The summed E-state index contributed by atoms with van der Waals surface area (Å²) in [7, 11) is 1.48. The van der Waals surface area contributed by atoms with Crippen molar-refractivity contribution in [3.05, 3.63) is 53.9 Å². The first-order valence-corrected chi connectivity index (χ1v) is 8.53. The lowest BCUT2D eigenvalue weighted by Gasteiger charge is -2.14. The number of Topliss-reactive ketones (excluding diaryl/α,β-unsaturated/α-hetero) is 1. The molecule has 0 aliphatic heterocycles. The van der Waals surface area contributed by atoms with Crippen LogP contribution in [0.2, 0.25) is 0 Å². The van der Waals surface area contributed by atoms with Gasteiger partial charge in [0.05, 0.1) is 24.2 Å². The molecule has 3 rings (SSSR count). The average molecular weight is 367 g/mol. The Balaban J connectivity index is 1.61. The van der Waals surface area contributed by atoms with Crippen molar-refractivity contribution < 1.29 is 19.1 Å². The summed E-state index contributed by atoms with van der Waals surface area (Å²) in [4.78, 5) is 31.3. The molecule has 1 heterocycles. The molecule has 0 bridgehead atoms. The fourth-order valence-electron chi connectivity index (χ4n) is 2.68. The second-order valence-corrected chi connectivity index (χ2v) is 6.14. The highest BCUT2D eigenvalue weighted by Crippen LogP contribution is 2.28. The number of carbonyl (C=O) groups is 2. The Hall–Kier alpha value is -3.35. The van der Waals surface area contributed by atoms with Crippen LogP contribution < -0.4 is 14.8 Å². The Bertz CT molecular complexity index is 947. The minimum absolute atomic E-state index is 0.0720. The normalized spacial score (nSPS) is 11.8. The predicted octanol–water partition coefficient (Wildman–Crippen LogP) is 3.03. The van der Waals surface area contributed by atoms with E-state index in [2.05, 4.69) is 15.3 Å². The zero-order valence-corrected chi connectivity index (χ0v) is 15.4. The van der Waals surface area contributed by atoms with Gasteiger partial charge >= 0.3 is 0 Å². The molecule has 0 unspecified atom stereocenters. The van der Waals surface area contributed by atoms with Gasteiger partial charge in [-0.25, -0.2) is 4.98 Å². The molecule has 1 aromatic heterocycles. The SMILES string of the molecule is COc1cc(C(C)=O)ccc1OCC(=O)N[C@@H](C)c1nc2ccccc2[nH]1. The number of rotatable bonds is 7. The number of hydrogen-bond donors (Lipinski definition) is 2. The number of aromatic nitrogens is 2. The molecule has 1 amide bonds. The van der Waals surface area contributed by atoms with E-state index in [9.17, 15) is 9.59 Å². The van der Waals surface area contributed by atoms with Gasteiger partial charge in [0.1, 0.15) is 5.82 Å². The maximum Gasteiger partial charge on any atom is 0.258 e. The number of H-pyrrole nitrogens is 1. The van der Waals surface area contributed by atoms with Gasteiger partial charge in [0.25, 0.3) is 5.91 Å². The first kappa shape index (κ1) is 18.4. The number of ketones is 1. The highest BCUT2D eigenvalue weighted by atomic mass is 16.5. The maximum atomic E-state index is 12.2. The molecule has 7 heteroatoms. The quantitative estimate of drug-likeness (QED) is 0.626. The molecular weight excluding hydrogens is 346 g/mol. The van der Waals surface area contributed by atoms with Crippen LogP contribution in [0.1, 0.15) is 36.1 Å². The van der Waals surface area contributed by atoms with Crippen LogP contribution in [0.25, 0.3) is 11.0 Å². The van der Waals surface area contributed by atoms with Gasteiger partial charge in [-0.1, -0.05) is 12.1 Å². The van der Waals surface area contributed by atoms with Gasteiger partial charge in [-0.2, -0.15) is 0 Å². The minimum atomic E-state index is -0.296. The third-order valence-electron chi connectivity index (χ3n) is 4.12. The van der Waals surface area contributed by atoms with E-state index in [0.29, 0.717) is 22.9 Å². The smallest absolute Gasteiger partial charge is 0.258 e. The first-order valence-electron chi connectivity index (χ1n) is 8.53. The molecule has 7 nitrogen and oxygen atoms in total. The van der Waals surface area contributed by atoms with E-state index < -0.39 is 0 Å². The highest BCUT2D eigenvalue weighted by Gasteiger charge is 2.15. The van der Waals surface area contributed by atoms with Crippen LogP contribution in [0.15, 0.2) is 42.5 Å². The molecule has 0 aliphatic carbocycles. The van der Waals surface area contributed by atoms with Crippen LogP contribution in [-0.2, 0) is 4.79 Å². The molecule has 140 valence electrons. The van der Waals surface area contributed by atoms with E-state index in [1.165, 1.54) is 14.0 Å². The number of para-hydroxylation sites is 2. The van der Waals surface area contributed by atoms with E-state index in [1.807, 2.05) is 31.2 Å². The largest absolute Gasteiger partial charge is 0.493 e. The molecule has 0 spiro atoms. The first-order chi connectivity index (χ1) is 13.0. The number of imidazole rings is 1. The van der Waals surface area contributed by atoms with Crippen LogP contribution in [0.5, 0.6) is 11.5 Å². The third-order valence-corrected chi connectivity index (χ3v) is 4.12. The summed E-state index contributed by atoms with van der Waals surface area (Å²) >= 11 is 0. The molecule has 0 saturated carbocycles.